The molecule has 0 aliphatic rings. The minimum atomic E-state index is 0.0804. The molecule has 0 saturated carbocycles. The molecule has 17 heavy (non-hydrogen) atoms. The third-order valence-corrected chi connectivity index (χ3v) is 3.14. The van der Waals surface area contributed by atoms with Gasteiger partial charge in [0.05, 0.1) is 0 Å². The van der Waals surface area contributed by atoms with Crippen molar-refractivity contribution in [3.63, 3.8) is 0 Å². The maximum Gasteiger partial charge on any atom is 0.253 e. The molecule has 0 heterocycles. The van der Waals surface area contributed by atoms with Gasteiger partial charge in [0.15, 0.2) is 0 Å². The monoisotopic (exact) mass is 298 g/mol. The van der Waals surface area contributed by atoms with Crippen LogP contribution >= 0.6 is 15.9 Å². The molecule has 94 valence electrons. The van der Waals surface area contributed by atoms with Crippen molar-refractivity contribution in [2.24, 2.45) is 0 Å². The highest BCUT2D eigenvalue weighted by atomic mass is 79.9. The van der Waals surface area contributed by atoms with Gasteiger partial charge in [-0.05, 0) is 44.8 Å². The summed E-state index contributed by atoms with van der Waals surface area (Å²) in [6.45, 7) is 3.57. The third kappa shape index (κ3) is 4.13. The molecule has 0 atom stereocenters. The average Bonchev–Trinajstić information content (AvgIpc) is 2.25. The van der Waals surface area contributed by atoms with Crippen LogP contribution in [0.1, 0.15) is 15.9 Å². The SMILES string of the molecule is Cc1cc(Br)ccc1C(=O)N(C)CCN(C)C. The van der Waals surface area contributed by atoms with Crippen molar-refractivity contribution in [2.75, 3.05) is 34.2 Å². The number of hydrogen-bond acceptors (Lipinski definition) is 2. The fraction of sp³-hybridized carbons (Fsp3) is 0.462. The lowest BCUT2D eigenvalue weighted by Gasteiger charge is -2.20. The van der Waals surface area contributed by atoms with E-state index in [1.807, 2.05) is 46.3 Å². The maximum atomic E-state index is 12.2. The summed E-state index contributed by atoms with van der Waals surface area (Å²) in [5, 5.41) is 0. The Morgan fingerprint density at radius 3 is 2.41 bits per heavy atom. The van der Waals surface area contributed by atoms with Gasteiger partial charge in [-0.3, -0.25) is 4.79 Å². The fourth-order valence-corrected chi connectivity index (χ4v) is 2.00. The molecule has 0 unspecified atom stereocenters. The topological polar surface area (TPSA) is 23.6 Å². The van der Waals surface area contributed by atoms with E-state index < -0.39 is 0 Å². The van der Waals surface area contributed by atoms with Crippen molar-refractivity contribution in [3.8, 4) is 0 Å². The van der Waals surface area contributed by atoms with Crippen molar-refractivity contribution in [3.05, 3.63) is 33.8 Å². The Bertz CT molecular complexity index is 404. The smallest absolute Gasteiger partial charge is 0.253 e. The fourth-order valence-electron chi connectivity index (χ4n) is 1.52. The molecule has 0 aromatic heterocycles. The van der Waals surface area contributed by atoms with E-state index in [1.165, 1.54) is 0 Å². The van der Waals surface area contributed by atoms with Crippen molar-refractivity contribution in [1.29, 1.82) is 0 Å². The molecule has 0 saturated heterocycles. The van der Waals surface area contributed by atoms with Crippen LogP contribution in [0.4, 0.5) is 0 Å². The standard InChI is InChI=1S/C13H19BrN2O/c1-10-9-11(14)5-6-12(10)13(17)16(4)8-7-15(2)3/h5-6,9H,7-8H2,1-4H3. The van der Waals surface area contributed by atoms with Crippen LogP contribution in [0.3, 0.4) is 0 Å². The molecular weight excluding hydrogens is 280 g/mol. The van der Waals surface area contributed by atoms with Crippen LogP contribution < -0.4 is 0 Å². The Labute approximate surface area is 112 Å². The number of halogens is 1. The van der Waals surface area contributed by atoms with Gasteiger partial charge in [0, 0.05) is 30.2 Å². The highest BCUT2D eigenvalue weighted by Gasteiger charge is 2.13. The Kier molecular flexibility index (Phi) is 5.15. The van der Waals surface area contributed by atoms with E-state index in [2.05, 4.69) is 20.8 Å². The quantitative estimate of drug-likeness (QED) is 0.852. The van der Waals surface area contributed by atoms with Crippen LogP contribution in [-0.4, -0.2) is 49.9 Å². The largest absolute Gasteiger partial charge is 0.340 e. The van der Waals surface area contributed by atoms with E-state index in [0.717, 1.165) is 28.7 Å². The predicted molar refractivity (Wildman–Crippen MR) is 74.4 cm³/mol. The number of nitrogens with zero attached hydrogens (tertiary/aromatic N) is 2. The van der Waals surface area contributed by atoms with Gasteiger partial charge in [-0.2, -0.15) is 0 Å². The van der Waals surface area contributed by atoms with E-state index in [4.69, 9.17) is 0 Å². The molecule has 1 rings (SSSR count). The van der Waals surface area contributed by atoms with Crippen LogP contribution in [0.5, 0.6) is 0 Å². The zero-order valence-electron chi connectivity index (χ0n) is 10.8. The first-order valence-corrected chi connectivity index (χ1v) is 6.37. The maximum absolute atomic E-state index is 12.2. The van der Waals surface area contributed by atoms with Crippen molar-refractivity contribution in [2.45, 2.75) is 6.92 Å². The first kappa shape index (κ1) is 14.2. The van der Waals surface area contributed by atoms with Crippen LogP contribution in [-0.2, 0) is 0 Å². The molecule has 1 aromatic carbocycles. The molecular formula is C13H19BrN2O. The van der Waals surface area contributed by atoms with Gasteiger partial charge in [0.1, 0.15) is 0 Å². The van der Waals surface area contributed by atoms with Gasteiger partial charge >= 0.3 is 0 Å². The number of benzene rings is 1. The van der Waals surface area contributed by atoms with E-state index in [-0.39, 0.29) is 5.91 Å². The van der Waals surface area contributed by atoms with Gasteiger partial charge in [-0.25, -0.2) is 0 Å². The average molecular weight is 299 g/mol. The van der Waals surface area contributed by atoms with E-state index in [1.54, 1.807) is 4.90 Å². The minimum Gasteiger partial charge on any atom is -0.340 e. The summed E-state index contributed by atoms with van der Waals surface area (Å²) in [7, 11) is 5.85. The van der Waals surface area contributed by atoms with Gasteiger partial charge in [0.25, 0.3) is 5.91 Å². The van der Waals surface area contributed by atoms with Crippen LogP contribution in [0.15, 0.2) is 22.7 Å². The summed E-state index contributed by atoms with van der Waals surface area (Å²) in [5.41, 5.74) is 1.77. The number of carbonyl (C=O) groups is 1. The molecule has 0 bridgehead atoms. The number of hydrogen-bond donors (Lipinski definition) is 0. The molecule has 1 amide bonds. The second-order valence-corrected chi connectivity index (χ2v) is 5.40. The third-order valence-electron chi connectivity index (χ3n) is 2.65. The Hall–Kier alpha value is -0.870. The lowest BCUT2D eigenvalue weighted by atomic mass is 10.1. The van der Waals surface area contributed by atoms with Crippen molar-refractivity contribution < 1.29 is 4.79 Å². The molecule has 4 heteroatoms. The van der Waals surface area contributed by atoms with E-state index in [9.17, 15) is 4.79 Å². The number of amides is 1. The van der Waals surface area contributed by atoms with Gasteiger partial charge in [0.2, 0.25) is 0 Å². The van der Waals surface area contributed by atoms with Crippen LogP contribution in [0.25, 0.3) is 0 Å². The molecule has 0 N–H and O–H groups in total. The summed E-state index contributed by atoms with van der Waals surface area (Å²) in [5.74, 6) is 0.0804. The Morgan fingerprint density at radius 1 is 1.24 bits per heavy atom. The molecule has 3 nitrogen and oxygen atoms in total. The molecule has 0 fully saturated rings. The summed E-state index contributed by atoms with van der Waals surface area (Å²) in [6, 6.07) is 5.74. The summed E-state index contributed by atoms with van der Waals surface area (Å²) < 4.78 is 1.00. The second kappa shape index (κ2) is 6.17. The van der Waals surface area contributed by atoms with Gasteiger partial charge in [-0.1, -0.05) is 15.9 Å². The summed E-state index contributed by atoms with van der Waals surface area (Å²) in [6.07, 6.45) is 0. The second-order valence-electron chi connectivity index (χ2n) is 4.49. The summed E-state index contributed by atoms with van der Waals surface area (Å²) in [4.78, 5) is 16.0. The molecule has 0 aliphatic heterocycles. The first-order chi connectivity index (χ1) is 7.91. The van der Waals surface area contributed by atoms with Crippen molar-refractivity contribution >= 4 is 21.8 Å². The minimum absolute atomic E-state index is 0.0804. The zero-order valence-corrected chi connectivity index (χ0v) is 12.4. The zero-order chi connectivity index (χ0) is 13.0. The molecule has 0 spiro atoms. The lowest BCUT2D eigenvalue weighted by molar-refractivity contribution is 0.0785. The predicted octanol–water partition coefficient (Wildman–Crippen LogP) is 2.39. The summed E-state index contributed by atoms with van der Waals surface area (Å²) >= 11 is 3.40. The van der Waals surface area contributed by atoms with Gasteiger partial charge < -0.3 is 9.80 Å². The number of carbonyl (C=O) groups excluding carboxylic acids is 1. The number of aryl methyl sites for hydroxylation is 1. The number of likely N-dealkylation sites (N-methyl/N-ethyl adjacent to an activating group) is 2. The highest BCUT2D eigenvalue weighted by molar-refractivity contribution is 9.10. The molecule has 0 aliphatic carbocycles. The lowest BCUT2D eigenvalue weighted by Crippen LogP contribution is -2.33. The van der Waals surface area contributed by atoms with Crippen LogP contribution in [0.2, 0.25) is 0 Å². The number of rotatable bonds is 4. The van der Waals surface area contributed by atoms with Crippen LogP contribution in [0, 0.1) is 6.92 Å². The van der Waals surface area contributed by atoms with Crippen molar-refractivity contribution in [1.82, 2.24) is 9.80 Å². The van der Waals surface area contributed by atoms with E-state index in [0.29, 0.717) is 0 Å². The Morgan fingerprint density at radius 2 is 1.88 bits per heavy atom. The first-order valence-electron chi connectivity index (χ1n) is 5.58. The normalized spacial score (nSPS) is 10.7. The van der Waals surface area contributed by atoms with E-state index >= 15 is 0 Å². The molecule has 0 radical (unpaired) electrons. The van der Waals surface area contributed by atoms with Gasteiger partial charge in [-0.15, -0.1) is 0 Å². The molecule has 1 aromatic rings. The Balaban J connectivity index is 2.75. The highest BCUT2D eigenvalue weighted by Crippen LogP contribution is 2.17.